The van der Waals surface area contributed by atoms with E-state index in [0.29, 0.717) is 17.4 Å². The number of carbonyl (C=O) groups is 1. The van der Waals surface area contributed by atoms with E-state index in [0.717, 1.165) is 29.5 Å². The lowest BCUT2D eigenvalue weighted by Crippen LogP contribution is -2.13. The molecule has 4 rings (SSSR count). The number of carbonyl (C=O) groups excluding carboxylic acids is 1. The van der Waals surface area contributed by atoms with Crippen molar-refractivity contribution in [1.29, 1.82) is 0 Å². The van der Waals surface area contributed by atoms with Gasteiger partial charge in [0.1, 0.15) is 11.6 Å². The SMILES string of the molecule is O=C(Nc1ccc2ccccc2n1)c1cc(C2CC2)on1. The summed E-state index contributed by atoms with van der Waals surface area (Å²) in [7, 11) is 0. The van der Waals surface area contributed by atoms with Gasteiger partial charge >= 0.3 is 0 Å². The van der Waals surface area contributed by atoms with E-state index in [2.05, 4.69) is 15.5 Å². The van der Waals surface area contributed by atoms with Gasteiger partial charge in [-0.15, -0.1) is 0 Å². The van der Waals surface area contributed by atoms with Crippen LogP contribution in [-0.4, -0.2) is 16.0 Å². The van der Waals surface area contributed by atoms with E-state index in [4.69, 9.17) is 4.52 Å². The summed E-state index contributed by atoms with van der Waals surface area (Å²) >= 11 is 0. The molecule has 1 aliphatic rings. The van der Waals surface area contributed by atoms with Crippen molar-refractivity contribution in [3.8, 4) is 0 Å². The highest BCUT2D eigenvalue weighted by molar-refractivity contribution is 6.02. The minimum atomic E-state index is -0.298. The molecule has 2 heterocycles. The van der Waals surface area contributed by atoms with Crippen molar-refractivity contribution >= 4 is 22.6 Å². The van der Waals surface area contributed by atoms with Gasteiger partial charge in [0.2, 0.25) is 0 Å². The fraction of sp³-hybridized carbons (Fsp3) is 0.188. The number of nitrogens with one attached hydrogen (secondary N) is 1. The number of hydrogen-bond acceptors (Lipinski definition) is 4. The van der Waals surface area contributed by atoms with Gasteiger partial charge in [-0.05, 0) is 31.0 Å². The first-order valence-corrected chi connectivity index (χ1v) is 6.93. The molecule has 0 saturated heterocycles. The second-order valence-electron chi connectivity index (χ2n) is 5.23. The normalized spacial score (nSPS) is 14.3. The summed E-state index contributed by atoms with van der Waals surface area (Å²) < 4.78 is 5.19. The first-order chi connectivity index (χ1) is 10.3. The summed E-state index contributed by atoms with van der Waals surface area (Å²) in [6, 6.07) is 13.2. The van der Waals surface area contributed by atoms with Crippen LogP contribution in [0.1, 0.15) is 35.0 Å². The lowest BCUT2D eigenvalue weighted by Gasteiger charge is -2.03. The highest BCUT2D eigenvalue weighted by atomic mass is 16.5. The third-order valence-corrected chi connectivity index (χ3v) is 3.58. The van der Waals surface area contributed by atoms with Crippen LogP contribution in [0.4, 0.5) is 5.82 Å². The minimum absolute atomic E-state index is 0.298. The molecule has 1 fully saturated rings. The Bertz CT molecular complexity index is 821. The summed E-state index contributed by atoms with van der Waals surface area (Å²) in [6.07, 6.45) is 2.23. The van der Waals surface area contributed by atoms with Crippen molar-refractivity contribution < 1.29 is 9.32 Å². The molecule has 3 aromatic rings. The molecule has 1 aromatic carbocycles. The summed E-state index contributed by atoms with van der Waals surface area (Å²) in [5.41, 5.74) is 1.14. The number of rotatable bonds is 3. The molecule has 0 radical (unpaired) electrons. The van der Waals surface area contributed by atoms with Crippen LogP contribution in [0.25, 0.3) is 10.9 Å². The van der Waals surface area contributed by atoms with E-state index in [1.165, 1.54) is 0 Å². The zero-order valence-corrected chi connectivity index (χ0v) is 11.2. The molecule has 1 saturated carbocycles. The summed E-state index contributed by atoms with van der Waals surface area (Å²) in [6.45, 7) is 0. The van der Waals surface area contributed by atoms with Crippen molar-refractivity contribution in [3.63, 3.8) is 0 Å². The van der Waals surface area contributed by atoms with E-state index >= 15 is 0 Å². The monoisotopic (exact) mass is 279 g/mol. The second kappa shape index (κ2) is 4.70. The molecule has 5 heteroatoms. The van der Waals surface area contributed by atoms with E-state index in [1.807, 2.05) is 30.3 Å². The van der Waals surface area contributed by atoms with Gasteiger partial charge in [-0.25, -0.2) is 4.98 Å². The van der Waals surface area contributed by atoms with Gasteiger partial charge in [-0.2, -0.15) is 0 Å². The Hall–Kier alpha value is -2.69. The Morgan fingerprint density at radius 3 is 2.90 bits per heavy atom. The van der Waals surface area contributed by atoms with E-state index in [1.54, 1.807) is 12.1 Å². The standard InChI is InChI=1S/C16H13N3O2/c20-16(13-9-14(21-19-13)11-5-6-11)18-15-8-7-10-3-1-2-4-12(10)17-15/h1-4,7-9,11H,5-6H2,(H,17,18,20). The number of pyridine rings is 1. The summed E-state index contributed by atoms with van der Waals surface area (Å²) in [4.78, 5) is 16.5. The zero-order chi connectivity index (χ0) is 14.2. The smallest absolute Gasteiger partial charge is 0.279 e. The minimum Gasteiger partial charge on any atom is -0.360 e. The molecule has 21 heavy (non-hydrogen) atoms. The Kier molecular flexibility index (Phi) is 2.70. The van der Waals surface area contributed by atoms with Crippen molar-refractivity contribution in [2.75, 3.05) is 5.32 Å². The van der Waals surface area contributed by atoms with Gasteiger partial charge in [-0.1, -0.05) is 23.4 Å². The van der Waals surface area contributed by atoms with E-state index in [-0.39, 0.29) is 5.91 Å². The van der Waals surface area contributed by atoms with Crippen LogP contribution in [0.3, 0.4) is 0 Å². The molecule has 104 valence electrons. The number of para-hydroxylation sites is 1. The summed E-state index contributed by atoms with van der Waals surface area (Å²) in [5, 5.41) is 7.61. The lowest BCUT2D eigenvalue weighted by molar-refractivity contribution is 0.101. The maximum absolute atomic E-state index is 12.1. The third-order valence-electron chi connectivity index (χ3n) is 3.58. The third kappa shape index (κ3) is 2.38. The summed E-state index contributed by atoms with van der Waals surface area (Å²) in [5.74, 6) is 1.45. The number of hydrogen-bond donors (Lipinski definition) is 1. The first-order valence-electron chi connectivity index (χ1n) is 6.93. The molecule has 5 nitrogen and oxygen atoms in total. The van der Waals surface area contributed by atoms with Gasteiger partial charge in [0.15, 0.2) is 5.69 Å². The molecule has 0 unspecified atom stereocenters. The topological polar surface area (TPSA) is 68.0 Å². The predicted molar refractivity (Wildman–Crippen MR) is 78.2 cm³/mol. The molecule has 0 bridgehead atoms. The van der Waals surface area contributed by atoms with Crippen LogP contribution in [0.15, 0.2) is 47.0 Å². The van der Waals surface area contributed by atoms with Crippen molar-refractivity contribution in [3.05, 3.63) is 53.9 Å². The first kappa shape index (κ1) is 12.1. The quantitative estimate of drug-likeness (QED) is 0.798. The average Bonchev–Trinajstić information content (AvgIpc) is 3.24. The zero-order valence-electron chi connectivity index (χ0n) is 11.2. The van der Waals surface area contributed by atoms with Gasteiger partial charge in [0.25, 0.3) is 5.91 Å². The van der Waals surface area contributed by atoms with Gasteiger partial charge < -0.3 is 9.84 Å². The fourth-order valence-corrected chi connectivity index (χ4v) is 2.27. The molecular weight excluding hydrogens is 266 g/mol. The second-order valence-corrected chi connectivity index (χ2v) is 5.23. The number of fused-ring (bicyclic) bond motifs is 1. The Morgan fingerprint density at radius 2 is 2.05 bits per heavy atom. The molecule has 2 aromatic heterocycles. The van der Waals surface area contributed by atoms with E-state index in [9.17, 15) is 4.79 Å². The highest BCUT2D eigenvalue weighted by Gasteiger charge is 2.28. The van der Waals surface area contributed by atoms with Crippen molar-refractivity contribution in [1.82, 2.24) is 10.1 Å². The molecule has 0 aliphatic heterocycles. The maximum atomic E-state index is 12.1. The Morgan fingerprint density at radius 1 is 1.19 bits per heavy atom. The van der Waals surface area contributed by atoms with Crippen LogP contribution in [0.5, 0.6) is 0 Å². The maximum Gasteiger partial charge on any atom is 0.279 e. The molecular formula is C16H13N3O2. The van der Waals surface area contributed by atoms with Gasteiger partial charge in [0, 0.05) is 17.4 Å². The number of aromatic nitrogens is 2. The average molecular weight is 279 g/mol. The molecule has 0 atom stereocenters. The Balaban J connectivity index is 1.56. The number of anilines is 1. The largest absolute Gasteiger partial charge is 0.360 e. The number of nitrogens with zero attached hydrogens (tertiary/aromatic N) is 2. The van der Waals surface area contributed by atoms with Crippen molar-refractivity contribution in [2.24, 2.45) is 0 Å². The highest BCUT2D eigenvalue weighted by Crippen LogP contribution is 2.40. The van der Waals surface area contributed by atoms with Crippen LogP contribution < -0.4 is 5.32 Å². The number of benzene rings is 1. The van der Waals surface area contributed by atoms with Crippen LogP contribution in [-0.2, 0) is 0 Å². The van der Waals surface area contributed by atoms with Crippen LogP contribution in [0.2, 0.25) is 0 Å². The Labute approximate surface area is 121 Å². The molecule has 0 spiro atoms. The van der Waals surface area contributed by atoms with Gasteiger partial charge in [0.05, 0.1) is 5.52 Å². The molecule has 1 aliphatic carbocycles. The van der Waals surface area contributed by atoms with Crippen molar-refractivity contribution in [2.45, 2.75) is 18.8 Å². The van der Waals surface area contributed by atoms with E-state index < -0.39 is 0 Å². The van der Waals surface area contributed by atoms with Crippen LogP contribution >= 0.6 is 0 Å². The predicted octanol–water partition coefficient (Wildman–Crippen LogP) is 3.35. The fourth-order valence-electron chi connectivity index (χ4n) is 2.27. The number of amides is 1. The van der Waals surface area contributed by atoms with Gasteiger partial charge in [-0.3, -0.25) is 4.79 Å². The molecule has 1 amide bonds. The molecule has 1 N–H and O–H groups in total. The lowest BCUT2D eigenvalue weighted by atomic mass is 10.2. The van der Waals surface area contributed by atoms with Crippen LogP contribution in [0, 0.1) is 0 Å².